The molecule has 0 bridgehead atoms. The lowest BCUT2D eigenvalue weighted by atomic mass is 9.99. The smallest absolute Gasteiger partial charge is 0.322 e. The minimum atomic E-state index is -0.244. The molecular formula is C12H18N4O4. The molecule has 2 atom stereocenters. The van der Waals surface area contributed by atoms with Gasteiger partial charge < -0.3 is 9.15 Å². The monoisotopic (exact) mass is 282 g/mol. The van der Waals surface area contributed by atoms with Gasteiger partial charge in [0.2, 0.25) is 11.8 Å². The first-order valence-corrected chi connectivity index (χ1v) is 6.39. The molecule has 2 heterocycles. The van der Waals surface area contributed by atoms with Crippen molar-refractivity contribution in [2.75, 3.05) is 32.1 Å². The fourth-order valence-corrected chi connectivity index (χ4v) is 2.36. The van der Waals surface area contributed by atoms with Gasteiger partial charge in [0.25, 0.3) is 0 Å². The molecule has 1 aliphatic heterocycles. The molecule has 1 saturated heterocycles. The summed E-state index contributed by atoms with van der Waals surface area (Å²) in [7, 11) is 1.38. The number of esters is 1. The number of carbonyl (C=O) groups is 2. The van der Waals surface area contributed by atoms with Crippen molar-refractivity contribution in [2.24, 2.45) is 11.8 Å². The van der Waals surface area contributed by atoms with Gasteiger partial charge in [-0.05, 0) is 5.92 Å². The molecule has 1 N–H and O–H groups in total. The number of likely N-dealkylation sites (tertiary alicyclic amines) is 1. The highest BCUT2D eigenvalue weighted by Crippen LogP contribution is 2.23. The van der Waals surface area contributed by atoms with Crippen molar-refractivity contribution in [3.63, 3.8) is 0 Å². The van der Waals surface area contributed by atoms with E-state index in [1.807, 2.05) is 11.8 Å². The van der Waals surface area contributed by atoms with E-state index in [0.29, 0.717) is 19.0 Å². The van der Waals surface area contributed by atoms with Gasteiger partial charge in [0, 0.05) is 20.0 Å². The molecule has 8 heteroatoms. The number of hydrogen-bond acceptors (Lipinski definition) is 7. The molecule has 2 rings (SSSR count). The van der Waals surface area contributed by atoms with E-state index < -0.39 is 0 Å². The summed E-state index contributed by atoms with van der Waals surface area (Å²) < 4.78 is 9.83. The number of rotatable bonds is 4. The van der Waals surface area contributed by atoms with E-state index in [-0.39, 0.29) is 36.3 Å². The molecule has 0 aliphatic carbocycles. The predicted molar refractivity (Wildman–Crippen MR) is 68.8 cm³/mol. The van der Waals surface area contributed by atoms with Crippen LogP contribution in [-0.4, -0.2) is 53.7 Å². The molecule has 1 aliphatic rings. The summed E-state index contributed by atoms with van der Waals surface area (Å²) in [4.78, 5) is 25.3. The van der Waals surface area contributed by atoms with Crippen LogP contribution in [-0.2, 0) is 14.3 Å². The van der Waals surface area contributed by atoms with Crippen molar-refractivity contribution in [2.45, 2.75) is 13.8 Å². The number of anilines is 1. The van der Waals surface area contributed by atoms with Gasteiger partial charge in [0.15, 0.2) is 0 Å². The van der Waals surface area contributed by atoms with Gasteiger partial charge in [-0.1, -0.05) is 12.0 Å². The third-order valence-corrected chi connectivity index (χ3v) is 3.33. The van der Waals surface area contributed by atoms with E-state index in [1.165, 1.54) is 7.11 Å². The first kappa shape index (κ1) is 14.4. The third-order valence-electron chi connectivity index (χ3n) is 3.33. The summed E-state index contributed by atoms with van der Waals surface area (Å²) in [5.41, 5.74) is 0. The van der Waals surface area contributed by atoms with Crippen molar-refractivity contribution in [3.8, 4) is 0 Å². The van der Waals surface area contributed by atoms with Gasteiger partial charge in [-0.25, -0.2) is 0 Å². The van der Waals surface area contributed by atoms with Crippen LogP contribution in [0.5, 0.6) is 0 Å². The molecule has 1 aromatic rings. The van der Waals surface area contributed by atoms with Crippen LogP contribution in [0.1, 0.15) is 12.8 Å². The number of methoxy groups -OCH3 is 1. The Morgan fingerprint density at radius 2 is 2.20 bits per heavy atom. The van der Waals surface area contributed by atoms with Crippen LogP contribution in [0.3, 0.4) is 0 Å². The normalized spacial score (nSPS) is 22.8. The molecule has 0 saturated carbocycles. The molecule has 110 valence electrons. The second kappa shape index (κ2) is 6.00. The van der Waals surface area contributed by atoms with Gasteiger partial charge in [0.1, 0.15) is 0 Å². The van der Waals surface area contributed by atoms with E-state index >= 15 is 0 Å². The molecule has 0 spiro atoms. The molecule has 8 nitrogen and oxygen atoms in total. The third kappa shape index (κ3) is 3.32. The summed E-state index contributed by atoms with van der Waals surface area (Å²) in [5, 5.41) is 9.84. The summed E-state index contributed by atoms with van der Waals surface area (Å²) >= 11 is 0. The number of hydrogen-bond donors (Lipinski definition) is 1. The molecular weight excluding hydrogens is 264 g/mol. The first-order chi connectivity index (χ1) is 9.49. The lowest BCUT2D eigenvalue weighted by molar-refractivity contribution is -0.146. The van der Waals surface area contributed by atoms with Crippen LogP contribution in [0.2, 0.25) is 0 Å². The molecule has 1 amide bonds. The van der Waals surface area contributed by atoms with E-state index in [0.717, 1.165) is 0 Å². The topological polar surface area (TPSA) is 97.6 Å². The fourth-order valence-electron chi connectivity index (χ4n) is 2.36. The minimum absolute atomic E-state index is 0.0873. The Bertz CT molecular complexity index is 501. The number of ether oxygens (including phenoxy) is 1. The van der Waals surface area contributed by atoms with Crippen molar-refractivity contribution in [1.29, 1.82) is 0 Å². The summed E-state index contributed by atoms with van der Waals surface area (Å²) in [6, 6.07) is 0.0873. The fraction of sp³-hybridized carbons (Fsp3) is 0.667. The number of nitrogens with zero attached hydrogens (tertiary/aromatic N) is 3. The number of amides is 1. The van der Waals surface area contributed by atoms with Gasteiger partial charge in [-0.3, -0.25) is 19.8 Å². The van der Waals surface area contributed by atoms with E-state index in [4.69, 9.17) is 9.15 Å². The number of nitrogens with one attached hydrogen (secondary N) is 1. The Hall–Kier alpha value is -1.96. The highest BCUT2D eigenvalue weighted by atomic mass is 16.5. The van der Waals surface area contributed by atoms with E-state index in [1.54, 1.807) is 6.92 Å². The standard InChI is InChI=1S/C12H18N4O4/c1-7-4-16(5-9(7)11(18)19-3)6-10(17)13-12-15-14-8(2)20-12/h7,9H,4-6H2,1-3H3,(H,13,15,17). The number of carbonyl (C=O) groups excluding carboxylic acids is 2. The molecule has 1 fully saturated rings. The highest BCUT2D eigenvalue weighted by molar-refractivity contribution is 5.90. The SMILES string of the molecule is COC(=O)C1CN(CC(=O)Nc2nnc(C)o2)CC1C. The average molecular weight is 282 g/mol. The number of aryl methyl sites for hydroxylation is 1. The van der Waals surface area contributed by atoms with Gasteiger partial charge >= 0.3 is 12.0 Å². The highest BCUT2D eigenvalue weighted by Gasteiger charge is 2.36. The van der Waals surface area contributed by atoms with Crippen molar-refractivity contribution < 1.29 is 18.7 Å². The summed E-state index contributed by atoms with van der Waals surface area (Å²) in [5.74, 6) is -0.0977. The van der Waals surface area contributed by atoms with Gasteiger partial charge in [0.05, 0.1) is 19.6 Å². The zero-order valence-electron chi connectivity index (χ0n) is 11.8. The molecule has 1 aromatic heterocycles. The zero-order valence-corrected chi connectivity index (χ0v) is 11.8. The Kier molecular flexibility index (Phi) is 4.33. The zero-order chi connectivity index (χ0) is 14.7. The lowest BCUT2D eigenvalue weighted by Gasteiger charge is -2.13. The lowest BCUT2D eigenvalue weighted by Crippen LogP contribution is -2.32. The van der Waals surface area contributed by atoms with Crippen LogP contribution < -0.4 is 5.32 Å². The maximum Gasteiger partial charge on any atom is 0.322 e. The van der Waals surface area contributed by atoms with Crippen LogP contribution in [0.25, 0.3) is 0 Å². The molecule has 20 heavy (non-hydrogen) atoms. The van der Waals surface area contributed by atoms with E-state index in [9.17, 15) is 9.59 Å². The second-order valence-corrected chi connectivity index (χ2v) is 4.98. The van der Waals surface area contributed by atoms with Crippen LogP contribution in [0, 0.1) is 18.8 Å². The Morgan fingerprint density at radius 3 is 2.80 bits per heavy atom. The first-order valence-electron chi connectivity index (χ1n) is 6.39. The maximum atomic E-state index is 11.8. The minimum Gasteiger partial charge on any atom is -0.469 e. The van der Waals surface area contributed by atoms with Gasteiger partial charge in [-0.2, -0.15) is 0 Å². The Balaban J connectivity index is 1.85. The van der Waals surface area contributed by atoms with Crippen molar-refractivity contribution >= 4 is 17.9 Å². The van der Waals surface area contributed by atoms with Crippen molar-refractivity contribution in [3.05, 3.63) is 5.89 Å². The molecule has 0 aromatic carbocycles. The molecule has 0 radical (unpaired) electrons. The van der Waals surface area contributed by atoms with Gasteiger partial charge in [-0.15, -0.1) is 5.10 Å². The maximum absolute atomic E-state index is 11.8. The van der Waals surface area contributed by atoms with Crippen LogP contribution >= 0.6 is 0 Å². The largest absolute Gasteiger partial charge is 0.469 e. The van der Waals surface area contributed by atoms with Crippen molar-refractivity contribution in [1.82, 2.24) is 15.1 Å². The quantitative estimate of drug-likeness (QED) is 0.779. The average Bonchev–Trinajstić information content (AvgIpc) is 2.94. The Labute approximate surface area is 116 Å². The molecule has 2 unspecified atom stereocenters. The summed E-state index contributed by atoms with van der Waals surface area (Å²) in [6.45, 7) is 4.99. The van der Waals surface area contributed by atoms with Crippen LogP contribution in [0.4, 0.5) is 6.01 Å². The predicted octanol–water partition coefficient (Wildman–Crippen LogP) is 0.0574. The van der Waals surface area contributed by atoms with Crippen LogP contribution in [0.15, 0.2) is 4.42 Å². The second-order valence-electron chi connectivity index (χ2n) is 4.98. The van der Waals surface area contributed by atoms with E-state index in [2.05, 4.69) is 15.5 Å². The summed E-state index contributed by atoms with van der Waals surface area (Å²) in [6.07, 6.45) is 0. The number of aromatic nitrogens is 2. The Morgan fingerprint density at radius 1 is 1.45 bits per heavy atom.